The van der Waals surface area contributed by atoms with Crippen LogP contribution in [0.25, 0.3) is 0 Å². The van der Waals surface area contributed by atoms with Crippen molar-refractivity contribution in [3.63, 3.8) is 0 Å². The highest BCUT2D eigenvalue weighted by molar-refractivity contribution is 5.79. The fourth-order valence-corrected chi connectivity index (χ4v) is 3.66. The summed E-state index contributed by atoms with van der Waals surface area (Å²) >= 11 is 0. The van der Waals surface area contributed by atoms with E-state index in [-0.39, 0.29) is 0 Å². The van der Waals surface area contributed by atoms with Gasteiger partial charge >= 0.3 is 0 Å². The first kappa shape index (κ1) is 14.5. The first-order chi connectivity index (χ1) is 10.3. The summed E-state index contributed by atoms with van der Waals surface area (Å²) in [5.41, 5.74) is 2.62. The van der Waals surface area contributed by atoms with Crippen molar-refractivity contribution >= 4 is 6.21 Å². The van der Waals surface area contributed by atoms with Gasteiger partial charge in [0.25, 0.3) is 0 Å². The smallest absolute Gasteiger partial charge is 0.0340 e. The monoisotopic (exact) mass is 282 g/mol. The summed E-state index contributed by atoms with van der Waals surface area (Å²) in [4.78, 5) is 6.79. The lowest BCUT2D eigenvalue weighted by molar-refractivity contribution is 0.0623. The van der Waals surface area contributed by atoms with Crippen LogP contribution < -0.4 is 0 Å². The van der Waals surface area contributed by atoms with E-state index in [1.807, 2.05) is 6.21 Å². The van der Waals surface area contributed by atoms with E-state index in [2.05, 4.69) is 40.7 Å². The van der Waals surface area contributed by atoms with E-state index in [1.165, 1.54) is 57.2 Å². The third kappa shape index (κ3) is 3.82. The maximum atomic E-state index is 4.06. The summed E-state index contributed by atoms with van der Waals surface area (Å²) in [6, 6.07) is 9.69. The summed E-state index contributed by atoms with van der Waals surface area (Å²) in [6.45, 7) is 6.28. The Morgan fingerprint density at radius 1 is 1.10 bits per heavy atom. The van der Waals surface area contributed by atoms with Gasteiger partial charge in [0.05, 0.1) is 0 Å². The maximum absolute atomic E-state index is 4.06. The largest absolute Gasteiger partial charge is 0.300 e. The number of likely N-dealkylation sites (tertiary alicyclic amines) is 1. The highest BCUT2D eigenvalue weighted by atomic mass is 15.2. The lowest BCUT2D eigenvalue weighted by atomic mass is 9.75. The Morgan fingerprint density at radius 3 is 2.48 bits per heavy atom. The second-order valence-electron chi connectivity index (χ2n) is 6.49. The predicted octanol–water partition coefficient (Wildman–Crippen LogP) is 4.06. The van der Waals surface area contributed by atoms with Crippen LogP contribution in [-0.4, -0.2) is 30.2 Å². The average molecular weight is 282 g/mol. The molecule has 1 heterocycles. The van der Waals surface area contributed by atoms with Gasteiger partial charge in [-0.25, -0.2) is 0 Å². The Bertz CT molecular complexity index is 477. The molecule has 3 rings (SSSR count). The van der Waals surface area contributed by atoms with Gasteiger partial charge in [0.15, 0.2) is 0 Å². The highest BCUT2D eigenvalue weighted by Crippen LogP contribution is 2.35. The van der Waals surface area contributed by atoms with Crippen LogP contribution in [0.5, 0.6) is 0 Å². The third-order valence-electron chi connectivity index (χ3n) is 4.95. The molecule has 0 aromatic heterocycles. The molecule has 2 aliphatic rings. The van der Waals surface area contributed by atoms with Gasteiger partial charge in [0, 0.05) is 18.5 Å². The van der Waals surface area contributed by atoms with Crippen LogP contribution in [0.1, 0.15) is 43.2 Å². The Labute approximate surface area is 128 Å². The fourth-order valence-electron chi connectivity index (χ4n) is 3.66. The predicted molar refractivity (Wildman–Crippen MR) is 89.9 cm³/mol. The van der Waals surface area contributed by atoms with Crippen LogP contribution in [0, 0.1) is 5.92 Å². The van der Waals surface area contributed by atoms with Gasteiger partial charge in [0.1, 0.15) is 0 Å². The van der Waals surface area contributed by atoms with Crippen molar-refractivity contribution in [2.24, 2.45) is 10.9 Å². The molecule has 0 spiro atoms. The third-order valence-corrected chi connectivity index (χ3v) is 4.95. The number of aliphatic imine (C=N–C) groups is 1. The molecule has 2 nitrogen and oxygen atoms in total. The lowest BCUT2D eigenvalue weighted by Gasteiger charge is -2.44. The van der Waals surface area contributed by atoms with Gasteiger partial charge in [-0.05, 0) is 62.2 Å². The molecule has 0 amide bonds. The number of hydrogen-bond donors (Lipinski definition) is 0. The van der Waals surface area contributed by atoms with Crippen molar-refractivity contribution in [2.75, 3.05) is 13.1 Å². The molecule has 0 N–H and O–H groups in total. The molecular formula is C19H26N2. The number of rotatable bonds is 5. The minimum absolute atomic E-state index is 0.884. The Morgan fingerprint density at radius 2 is 1.81 bits per heavy atom. The molecule has 1 aromatic carbocycles. The Balaban J connectivity index is 1.45. The van der Waals surface area contributed by atoms with Crippen molar-refractivity contribution < 1.29 is 0 Å². The molecule has 1 aliphatic heterocycles. The van der Waals surface area contributed by atoms with Crippen molar-refractivity contribution in [1.29, 1.82) is 0 Å². The molecule has 0 unspecified atom stereocenters. The molecule has 1 aromatic rings. The van der Waals surface area contributed by atoms with Crippen LogP contribution in [0.2, 0.25) is 0 Å². The molecule has 1 aliphatic carbocycles. The van der Waals surface area contributed by atoms with E-state index in [1.54, 1.807) is 6.20 Å². The van der Waals surface area contributed by atoms with Crippen molar-refractivity contribution in [1.82, 2.24) is 4.90 Å². The van der Waals surface area contributed by atoms with E-state index in [9.17, 15) is 0 Å². The number of nitrogens with zero attached hydrogens (tertiary/aromatic N) is 2. The minimum atomic E-state index is 0.884. The first-order valence-corrected chi connectivity index (χ1v) is 8.32. The molecule has 0 bridgehead atoms. The average Bonchev–Trinajstić information content (AvgIpc) is 2.50. The normalized spacial score (nSPS) is 26.7. The van der Waals surface area contributed by atoms with E-state index < -0.39 is 0 Å². The van der Waals surface area contributed by atoms with Crippen LogP contribution in [0.15, 0.2) is 42.0 Å². The molecule has 0 radical (unpaired) electrons. The van der Waals surface area contributed by atoms with Crippen molar-refractivity contribution in [3.8, 4) is 0 Å². The number of piperidine rings is 1. The zero-order chi connectivity index (χ0) is 14.5. The molecule has 1 saturated carbocycles. The first-order valence-electron chi connectivity index (χ1n) is 8.32. The minimum Gasteiger partial charge on any atom is -0.300 e. The maximum Gasteiger partial charge on any atom is 0.0340 e. The quantitative estimate of drug-likeness (QED) is 0.744. The van der Waals surface area contributed by atoms with Gasteiger partial charge in [-0.15, -0.1) is 0 Å². The van der Waals surface area contributed by atoms with E-state index in [4.69, 9.17) is 0 Å². The summed E-state index contributed by atoms with van der Waals surface area (Å²) in [5, 5.41) is 0. The van der Waals surface area contributed by atoms with E-state index >= 15 is 0 Å². The molecule has 2 heteroatoms. The number of hydrogen-bond acceptors (Lipinski definition) is 2. The van der Waals surface area contributed by atoms with Gasteiger partial charge in [-0.1, -0.05) is 37.3 Å². The second kappa shape index (κ2) is 7.04. The molecule has 0 atom stereocenters. The van der Waals surface area contributed by atoms with Crippen molar-refractivity contribution in [2.45, 2.75) is 44.6 Å². The van der Waals surface area contributed by atoms with Crippen LogP contribution in [0.3, 0.4) is 0 Å². The summed E-state index contributed by atoms with van der Waals surface area (Å²) in [7, 11) is 0. The Kier molecular flexibility index (Phi) is 4.87. The number of benzene rings is 1. The summed E-state index contributed by atoms with van der Waals surface area (Å²) in [5.74, 6) is 0.893. The fraction of sp³-hybridized carbons (Fsp3) is 0.526. The van der Waals surface area contributed by atoms with E-state index in [0.29, 0.717) is 0 Å². The Hall–Kier alpha value is -1.41. The SMILES string of the molecule is C=CN=Cc1ccc(CC2CC(N3CCCCC3)C2)cc1. The molecule has 21 heavy (non-hydrogen) atoms. The zero-order valence-corrected chi connectivity index (χ0v) is 12.9. The van der Waals surface area contributed by atoms with Gasteiger partial charge in [0.2, 0.25) is 0 Å². The summed E-state index contributed by atoms with van der Waals surface area (Å²) in [6.07, 6.45) is 11.7. The lowest BCUT2D eigenvalue weighted by Crippen LogP contribution is -2.47. The standard InChI is InChI=1S/C19H26N2/c1-2-20-15-17-8-6-16(7-9-17)12-18-13-19(14-18)21-10-4-3-5-11-21/h2,6-9,15,18-19H,1,3-5,10-14H2. The van der Waals surface area contributed by atoms with Crippen LogP contribution in [-0.2, 0) is 6.42 Å². The van der Waals surface area contributed by atoms with Gasteiger partial charge < -0.3 is 4.90 Å². The molecule has 1 saturated heterocycles. The molecule has 112 valence electrons. The van der Waals surface area contributed by atoms with Crippen molar-refractivity contribution in [3.05, 3.63) is 48.2 Å². The topological polar surface area (TPSA) is 15.6 Å². The van der Waals surface area contributed by atoms with Gasteiger partial charge in [-0.3, -0.25) is 4.99 Å². The molecule has 2 fully saturated rings. The van der Waals surface area contributed by atoms with E-state index in [0.717, 1.165) is 17.5 Å². The van der Waals surface area contributed by atoms with Crippen LogP contribution >= 0.6 is 0 Å². The van der Waals surface area contributed by atoms with Gasteiger partial charge in [-0.2, -0.15) is 0 Å². The zero-order valence-electron chi connectivity index (χ0n) is 12.9. The summed E-state index contributed by atoms with van der Waals surface area (Å²) < 4.78 is 0. The highest BCUT2D eigenvalue weighted by Gasteiger charge is 2.33. The van der Waals surface area contributed by atoms with Crippen LogP contribution in [0.4, 0.5) is 0 Å². The second-order valence-corrected chi connectivity index (χ2v) is 6.49. The molecular weight excluding hydrogens is 256 g/mol.